The van der Waals surface area contributed by atoms with Gasteiger partial charge in [0.05, 0.1) is 0 Å². The Morgan fingerprint density at radius 2 is 2.18 bits per heavy atom. The SMILES string of the molecule is CCC(NC(=O)c1cc(NC)ccn1)C(C)C. The number of hydrogen-bond acceptors (Lipinski definition) is 3. The van der Waals surface area contributed by atoms with Crippen LogP contribution in [0.1, 0.15) is 37.7 Å². The lowest BCUT2D eigenvalue weighted by Crippen LogP contribution is -2.38. The van der Waals surface area contributed by atoms with Crippen molar-refractivity contribution in [1.82, 2.24) is 10.3 Å². The van der Waals surface area contributed by atoms with E-state index in [1.807, 2.05) is 13.1 Å². The molecule has 0 fully saturated rings. The molecule has 1 heterocycles. The molecule has 4 heteroatoms. The molecule has 1 unspecified atom stereocenters. The molecule has 0 saturated carbocycles. The second-order valence-corrected chi connectivity index (χ2v) is 4.41. The van der Waals surface area contributed by atoms with E-state index in [0.717, 1.165) is 12.1 Å². The molecule has 2 N–H and O–H groups in total. The Hall–Kier alpha value is -1.58. The van der Waals surface area contributed by atoms with Gasteiger partial charge < -0.3 is 10.6 Å². The van der Waals surface area contributed by atoms with E-state index >= 15 is 0 Å². The maximum atomic E-state index is 12.0. The maximum Gasteiger partial charge on any atom is 0.270 e. The first-order valence-corrected chi connectivity index (χ1v) is 6.03. The molecule has 0 saturated heterocycles. The third kappa shape index (κ3) is 3.73. The highest BCUT2D eigenvalue weighted by Crippen LogP contribution is 2.09. The van der Waals surface area contributed by atoms with Crippen LogP contribution < -0.4 is 10.6 Å². The van der Waals surface area contributed by atoms with E-state index in [9.17, 15) is 4.79 Å². The van der Waals surface area contributed by atoms with Crippen LogP contribution in [0.15, 0.2) is 18.3 Å². The lowest BCUT2D eigenvalue weighted by molar-refractivity contribution is 0.0919. The third-order valence-electron chi connectivity index (χ3n) is 2.84. The number of carbonyl (C=O) groups excluding carboxylic acids is 1. The van der Waals surface area contributed by atoms with Crippen LogP contribution >= 0.6 is 0 Å². The van der Waals surface area contributed by atoms with Crippen molar-refractivity contribution < 1.29 is 4.79 Å². The molecule has 0 spiro atoms. The quantitative estimate of drug-likeness (QED) is 0.823. The second-order valence-electron chi connectivity index (χ2n) is 4.41. The number of anilines is 1. The van der Waals surface area contributed by atoms with Crippen molar-refractivity contribution in [2.45, 2.75) is 33.2 Å². The number of aromatic nitrogens is 1. The first kappa shape index (κ1) is 13.5. The summed E-state index contributed by atoms with van der Waals surface area (Å²) < 4.78 is 0. The first-order chi connectivity index (χ1) is 8.08. The Labute approximate surface area is 103 Å². The summed E-state index contributed by atoms with van der Waals surface area (Å²) in [6.45, 7) is 6.28. The predicted molar refractivity (Wildman–Crippen MR) is 70.2 cm³/mol. The molecule has 0 aliphatic heterocycles. The van der Waals surface area contributed by atoms with E-state index in [0.29, 0.717) is 11.6 Å². The number of pyridine rings is 1. The van der Waals surface area contributed by atoms with Crippen molar-refractivity contribution >= 4 is 11.6 Å². The summed E-state index contributed by atoms with van der Waals surface area (Å²) in [4.78, 5) is 16.1. The number of nitrogens with zero attached hydrogens (tertiary/aromatic N) is 1. The summed E-state index contributed by atoms with van der Waals surface area (Å²) in [6.07, 6.45) is 2.56. The molecule has 17 heavy (non-hydrogen) atoms. The van der Waals surface area contributed by atoms with Crippen molar-refractivity contribution in [1.29, 1.82) is 0 Å². The largest absolute Gasteiger partial charge is 0.388 e. The van der Waals surface area contributed by atoms with Gasteiger partial charge in [-0.2, -0.15) is 0 Å². The van der Waals surface area contributed by atoms with Crippen molar-refractivity contribution in [3.8, 4) is 0 Å². The molecule has 1 atom stereocenters. The fourth-order valence-electron chi connectivity index (χ4n) is 1.69. The van der Waals surface area contributed by atoms with Crippen LogP contribution in [0.4, 0.5) is 5.69 Å². The maximum absolute atomic E-state index is 12.0. The van der Waals surface area contributed by atoms with Gasteiger partial charge in [0.2, 0.25) is 0 Å². The van der Waals surface area contributed by atoms with Crippen LogP contribution in [0.3, 0.4) is 0 Å². The van der Waals surface area contributed by atoms with Gasteiger partial charge in [-0.15, -0.1) is 0 Å². The molecule has 94 valence electrons. The fourth-order valence-corrected chi connectivity index (χ4v) is 1.69. The lowest BCUT2D eigenvalue weighted by atomic mass is 10.0. The van der Waals surface area contributed by atoms with E-state index in [1.165, 1.54) is 0 Å². The van der Waals surface area contributed by atoms with Gasteiger partial charge in [-0.05, 0) is 24.5 Å². The third-order valence-corrected chi connectivity index (χ3v) is 2.84. The van der Waals surface area contributed by atoms with E-state index in [4.69, 9.17) is 0 Å². The van der Waals surface area contributed by atoms with Crippen LogP contribution in [0.2, 0.25) is 0 Å². The van der Waals surface area contributed by atoms with Crippen molar-refractivity contribution in [3.05, 3.63) is 24.0 Å². The van der Waals surface area contributed by atoms with Crippen LogP contribution in [0, 0.1) is 5.92 Å². The van der Waals surface area contributed by atoms with Crippen LogP contribution in [-0.2, 0) is 0 Å². The summed E-state index contributed by atoms with van der Waals surface area (Å²) in [5.41, 5.74) is 1.35. The average molecular weight is 235 g/mol. The Bertz CT molecular complexity index is 377. The molecule has 4 nitrogen and oxygen atoms in total. The number of amides is 1. The highest BCUT2D eigenvalue weighted by atomic mass is 16.1. The van der Waals surface area contributed by atoms with Crippen molar-refractivity contribution in [2.24, 2.45) is 5.92 Å². The lowest BCUT2D eigenvalue weighted by Gasteiger charge is -2.20. The molecule has 1 rings (SSSR count). The molecule has 1 aromatic heterocycles. The Morgan fingerprint density at radius 1 is 1.47 bits per heavy atom. The second kappa shape index (κ2) is 6.23. The number of carbonyl (C=O) groups is 1. The Kier molecular flexibility index (Phi) is 4.94. The molecule has 0 radical (unpaired) electrons. The van der Waals surface area contributed by atoms with Gasteiger partial charge in [-0.1, -0.05) is 20.8 Å². The molecular weight excluding hydrogens is 214 g/mol. The number of nitrogens with one attached hydrogen (secondary N) is 2. The van der Waals surface area contributed by atoms with Gasteiger partial charge in [-0.25, -0.2) is 0 Å². The fraction of sp³-hybridized carbons (Fsp3) is 0.538. The standard InChI is InChI=1S/C13H21N3O/c1-5-11(9(2)3)16-13(17)12-8-10(14-4)6-7-15-12/h6-9,11H,5H2,1-4H3,(H,14,15)(H,16,17). The van der Waals surface area contributed by atoms with Gasteiger partial charge in [-0.3, -0.25) is 9.78 Å². The Morgan fingerprint density at radius 3 is 2.71 bits per heavy atom. The molecule has 1 aromatic rings. The zero-order valence-corrected chi connectivity index (χ0v) is 10.9. The number of rotatable bonds is 5. The summed E-state index contributed by atoms with van der Waals surface area (Å²) in [7, 11) is 1.82. The van der Waals surface area contributed by atoms with Crippen molar-refractivity contribution in [2.75, 3.05) is 12.4 Å². The minimum absolute atomic E-state index is 0.109. The van der Waals surface area contributed by atoms with E-state index in [-0.39, 0.29) is 11.9 Å². The van der Waals surface area contributed by atoms with Gasteiger partial charge in [0.1, 0.15) is 5.69 Å². The normalized spacial score (nSPS) is 12.3. The monoisotopic (exact) mass is 235 g/mol. The molecular formula is C13H21N3O. The molecule has 1 amide bonds. The molecule has 0 aliphatic carbocycles. The van der Waals surface area contributed by atoms with Crippen molar-refractivity contribution in [3.63, 3.8) is 0 Å². The zero-order chi connectivity index (χ0) is 12.8. The highest BCUT2D eigenvalue weighted by Gasteiger charge is 2.16. The number of hydrogen-bond donors (Lipinski definition) is 2. The van der Waals surface area contributed by atoms with E-state index in [2.05, 4.69) is 36.4 Å². The minimum Gasteiger partial charge on any atom is -0.388 e. The van der Waals surface area contributed by atoms with Crippen LogP contribution in [0.25, 0.3) is 0 Å². The average Bonchev–Trinajstić information content (AvgIpc) is 2.35. The van der Waals surface area contributed by atoms with Gasteiger partial charge >= 0.3 is 0 Å². The van der Waals surface area contributed by atoms with E-state index in [1.54, 1.807) is 12.3 Å². The van der Waals surface area contributed by atoms with Crippen LogP contribution in [-0.4, -0.2) is 24.0 Å². The highest BCUT2D eigenvalue weighted by molar-refractivity contribution is 5.93. The smallest absolute Gasteiger partial charge is 0.270 e. The molecule has 0 bridgehead atoms. The van der Waals surface area contributed by atoms with E-state index < -0.39 is 0 Å². The minimum atomic E-state index is -0.109. The first-order valence-electron chi connectivity index (χ1n) is 6.03. The van der Waals surface area contributed by atoms with Gasteiger partial charge in [0.15, 0.2) is 0 Å². The summed E-state index contributed by atoms with van der Waals surface area (Å²) in [5.74, 6) is 0.319. The zero-order valence-electron chi connectivity index (χ0n) is 10.9. The van der Waals surface area contributed by atoms with Crippen LogP contribution in [0.5, 0.6) is 0 Å². The Balaban J connectivity index is 2.75. The van der Waals surface area contributed by atoms with Gasteiger partial charge in [0.25, 0.3) is 5.91 Å². The summed E-state index contributed by atoms with van der Waals surface area (Å²) in [6, 6.07) is 3.78. The topological polar surface area (TPSA) is 54.0 Å². The predicted octanol–water partition coefficient (Wildman–Crippen LogP) is 2.29. The van der Waals surface area contributed by atoms with Gasteiger partial charge in [0, 0.05) is 25.0 Å². The summed E-state index contributed by atoms with van der Waals surface area (Å²) in [5, 5.41) is 6.00. The molecule has 0 aromatic carbocycles. The molecule has 0 aliphatic rings. The summed E-state index contributed by atoms with van der Waals surface area (Å²) >= 11 is 0.